The SMILES string of the molecule is NC(=O)c1cc(N)cnc1NCC1(C2CC2)CC1. The van der Waals surface area contributed by atoms with E-state index < -0.39 is 5.91 Å². The fourth-order valence-corrected chi connectivity index (χ4v) is 2.65. The summed E-state index contributed by atoms with van der Waals surface area (Å²) in [5.41, 5.74) is 12.2. The molecule has 0 unspecified atom stereocenters. The molecule has 0 saturated heterocycles. The van der Waals surface area contributed by atoms with Crippen molar-refractivity contribution in [3.8, 4) is 0 Å². The molecule has 1 amide bonds. The van der Waals surface area contributed by atoms with Crippen LogP contribution in [0.25, 0.3) is 0 Å². The third-order valence-electron chi connectivity index (χ3n) is 4.12. The van der Waals surface area contributed by atoms with Crippen molar-refractivity contribution in [2.75, 3.05) is 17.6 Å². The molecule has 1 heterocycles. The normalized spacial score (nSPS) is 20.4. The summed E-state index contributed by atoms with van der Waals surface area (Å²) in [6.07, 6.45) is 6.81. The van der Waals surface area contributed by atoms with E-state index in [1.165, 1.54) is 25.7 Å². The zero-order valence-electron chi connectivity index (χ0n) is 10.3. The Labute approximate surface area is 106 Å². The molecular weight excluding hydrogens is 228 g/mol. The number of amides is 1. The van der Waals surface area contributed by atoms with Crippen molar-refractivity contribution in [3.05, 3.63) is 17.8 Å². The second kappa shape index (κ2) is 3.86. The number of pyridine rings is 1. The Morgan fingerprint density at radius 2 is 2.22 bits per heavy atom. The number of aromatic nitrogens is 1. The van der Waals surface area contributed by atoms with Crippen LogP contribution in [0.3, 0.4) is 0 Å². The fourth-order valence-electron chi connectivity index (χ4n) is 2.65. The molecule has 5 heteroatoms. The molecule has 1 aromatic heterocycles. The van der Waals surface area contributed by atoms with Crippen molar-refractivity contribution >= 4 is 17.4 Å². The van der Waals surface area contributed by atoms with Crippen LogP contribution in [-0.2, 0) is 0 Å². The monoisotopic (exact) mass is 246 g/mol. The highest BCUT2D eigenvalue weighted by Gasteiger charge is 2.53. The fraction of sp³-hybridized carbons (Fsp3) is 0.538. The van der Waals surface area contributed by atoms with Gasteiger partial charge in [0.25, 0.3) is 5.91 Å². The van der Waals surface area contributed by atoms with Crippen LogP contribution in [0.1, 0.15) is 36.0 Å². The summed E-state index contributed by atoms with van der Waals surface area (Å²) < 4.78 is 0. The lowest BCUT2D eigenvalue weighted by atomic mass is 10.0. The van der Waals surface area contributed by atoms with E-state index in [9.17, 15) is 4.79 Å². The molecule has 0 atom stereocenters. The number of nitrogens with one attached hydrogen (secondary N) is 1. The maximum atomic E-state index is 11.3. The van der Waals surface area contributed by atoms with Gasteiger partial charge in [-0.2, -0.15) is 0 Å². The van der Waals surface area contributed by atoms with Gasteiger partial charge < -0.3 is 16.8 Å². The minimum absolute atomic E-state index is 0.376. The van der Waals surface area contributed by atoms with Gasteiger partial charge in [0.05, 0.1) is 17.4 Å². The summed E-state index contributed by atoms with van der Waals surface area (Å²) >= 11 is 0. The Morgan fingerprint density at radius 3 is 2.78 bits per heavy atom. The van der Waals surface area contributed by atoms with Gasteiger partial charge in [-0.3, -0.25) is 4.79 Å². The lowest BCUT2D eigenvalue weighted by Crippen LogP contribution is -2.21. The molecule has 2 saturated carbocycles. The van der Waals surface area contributed by atoms with Crippen molar-refractivity contribution in [1.82, 2.24) is 4.98 Å². The Balaban J connectivity index is 1.74. The topological polar surface area (TPSA) is 94.0 Å². The quantitative estimate of drug-likeness (QED) is 0.731. The minimum atomic E-state index is -0.492. The number of rotatable bonds is 5. The highest BCUT2D eigenvalue weighted by Crippen LogP contribution is 2.61. The number of carbonyl (C=O) groups excluding carboxylic acids is 1. The van der Waals surface area contributed by atoms with Gasteiger partial charge in [-0.15, -0.1) is 0 Å². The van der Waals surface area contributed by atoms with Gasteiger partial charge >= 0.3 is 0 Å². The molecule has 5 N–H and O–H groups in total. The predicted octanol–water partition coefficient (Wildman–Crippen LogP) is 1.36. The first-order valence-electron chi connectivity index (χ1n) is 6.40. The molecule has 18 heavy (non-hydrogen) atoms. The smallest absolute Gasteiger partial charge is 0.252 e. The summed E-state index contributed by atoms with van der Waals surface area (Å²) in [7, 11) is 0. The standard InChI is InChI=1S/C13H18N4O/c14-9-5-10(11(15)18)12(16-6-9)17-7-13(3-4-13)8-1-2-8/h5-6,8H,1-4,7,14H2,(H2,15,18)(H,16,17). The third-order valence-corrected chi connectivity index (χ3v) is 4.12. The summed E-state index contributed by atoms with van der Waals surface area (Å²) in [6.45, 7) is 0.884. The molecule has 0 aliphatic heterocycles. The summed E-state index contributed by atoms with van der Waals surface area (Å²) in [5.74, 6) is 0.938. The first kappa shape index (κ1) is 11.3. The number of nitrogens with two attached hydrogens (primary N) is 2. The molecule has 3 rings (SSSR count). The Kier molecular flexibility index (Phi) is 2.43. The summed E-state index contributed by atoms with van der Waals surface area (Å²) in [4.78, 5) is 15.5. The Bertz CT molecular complexity index is 492. The van der Waals surface area contributed by atoms with E-state index in [1.807, 2.05) is 0 Å². The predicted molar refractivity (Wildman–Crippen MR) is 70.0 cm³/mol. The molecule has 2 aliphatic rings. The highest BCUT2D eigenvalue weighted by atomic mass is 16.1. The molecule has 96 valence electrons. The van der Waals surface area contributed by atoms with Crippen LogP contribution in [0.5, 0.6) is 0 Å². The van der Waals surface area contributed by atoms with E-state index >= 15 is 0 Å². The molecule has 2 fully saturated rings. The van der Waals surface area contributed by atoms with Crippen molar-refractivity contribution < 1.29 is 4.79 Å². The Morgan fingerprint density at radius 1 is 1.50 bits per heavy atom. The van der Waals surface area contributed by atoms with Gasteiger partial charge in [0, 0.05) is 6.54 Å². The van der Waals surface area contributed by atoms with Crippen LogP contribution in [0, 0.1) is 11.3 Å². The number of nitrogen functional groups attached to an aromatic ring is 1. The summed E-state index contributed by atoms with van der Waals surface area (Å²) in [6, 6.07) is 1.58. The number of nitrogens with zero attached hydrogens (tertiary/aromatic N) is 1. The maximum Gasteiger partial charge on any atom is 0.252 e. The van der Waals surface area contributed by atoms with Gasteiger partial charge in [-0.1, -0.05) is 0 Å². The van der Waals surface area contributed by atoms with Crippen molar-refractivity contribution in [2.24, 2.45) is 17.1 Å². The van der Waals surface area contributed by atoms with E-state index in [0.717, 1.165) is 12.5 Å². The van der Waals surface area contributed by atoms with Crippen LogP contribution < -0.4 is 16.8 Å². The molecule has 2 aliphatic carbocycles. The maximum absolute atomic E-state index is 11.3. The van der Waals surface area contributed by atoms with Gasteiger partial charge in [0.1, 0.15) is 5.82 Å². The van der Waals surface area contributed by atoms with Crippen molar-refractivity contribution in [3.63, 3.8) is 0 Å². The van der Waals surface area contributed by atoms with E-state index in [1.54, 1.807) is 12.3 Å². The number of hydrogen-bond acceptors (Lipinski definition) is 4. The van der Waals surface area contributed by atoms with E-state index in [-0.39, 0.29) is 0 Å². The number of hydrogen-bond donors (Lipinski definition) is 3. The van der Waals surface area contributed by atoms with Gasteiger partial charge in [0.2, 0.25) is 0 Å². The second-order valence-corrected chi connectivity index (χ2v) is 5.52. The molecule has 0 radical (unpaired) electrons. The largest absolute Gasteiger partial charge is 0.397 e. The highest BCUT2D eigenvalue weighted by molar-refractivity contribution is 5.98. The van der Waals surface area contributed by atoms with Crippen LogP contribution in [0.4, 0.5) is 11.5 Å². The number of primary amides is 1. The average molecular weight is 246 g/mol. The van der Waals surface area contributed by atoms with Crippen LogP contribution in [-0.4, -0.2) is 17.4 Å². The van der Waals surface area contributed by atoms with Crippen molar-refractivity contribution in [2.45, 2.75) is 25.7 Å². The van der Waals surface area contributed by atoms with Crippen LogP contribution in [0.2, 0.25) is 0 Å². The summed E-state index contributed by atoms with van der Waals surface area (Å²) in [5, 5.41) is 3.28. The minimum Gasteiger partial charge on any atom is -0.397 e. The van der Waals surface area contributed by atoms with E-state index in [2.05, 4.69) is 10.3 Å². The third kappa shape index (κ3) is 2.00. The Hall–Kier alpha value is -1.78. The van der Waals surface area contributed by atoms with Crippen LogP contribution in [0.15, 0.2) is 12.3 Å². The van der Waals surface area contributed by atoms with Crippen molar-refractivity contribution in [1.29, 1.82) is 0 Å². The number of anilines is 2. The van der Waals surface area contributed by atoms with E-state index in [0.29, 0.717) is 22.5 Å². The van der Waals surface area contributed by atoms with Gasteiger partial charge in [0.15, 0.2) is 0 Å². The molecule has 0 aromatic carbocycles. The lowest BCUT2D eigenvalue weighted by molar-refractivity contribution is 0.100. The average Bonchev–Trinajstić information content (AvgIpc) is 3.19. The molecular formula is C13H18N4O. The van der Waals surface area contributed by atoms with Gasteiger partial charge in [-0.25, -0.2) is 4.98 Å². The first-order valence-corrected chi connectivity index (χ1v) is 6.40. The molecule has 0 bridgehead atoms. The van der Waals surface area contributed by atoms with Crippen LogP contribution >= 0.6 is 0 Å². The second-order valence-electron chi connectivity index (χ2n) is 5.52. The molecule has 5 nitrogen and oxygen atoms in total. The number of carbonyl (C=O) groups is 1. The first-order chi connectivity index (χ1) is 8.61. The zero-order chi connectivity index (χ0) is 12.8. The lowest BCUT2D eigenvalue weighted by Gasteiger charge is -2.16. The van der Waals surface area contributed by atoms with E-state index in [4.69, 9.17) is 11.5 Å². The van der Waals surface area contributed by atoms with Gasteiger partial charge in [-0.05, 0) is 43.1 Å². The molecule has 1 aromatic rings. The zero-order valence-corrected chi connectivity index (χ0v) is 10.3. The molecule has 0 spiro atoms.